The molecule has 0 atom stereocenters. The maximum atomic E-state index is 4.63. The predicted molar refractivity (Wildman–Crippen MR) is 89.4 cm³/mol. The topological polar surface area (TPSA) is 37.8 Å². The summed E-state index contributed by atoms with van der Waals surface area (Å²) in [5.41, 5.74) is 2.34. The number of hydrogen-bond donors (Lipinski definition) is 1. The summed E-state index contributed by atoms with van der Waals surface area (Å²) < 4.78 is 0.965. The predicted octanol–water partition coefficient (Wildman–Crippen LogP) is 4.44. The molecule has 0 unspecified atom stereocenters. The van der Waals surface area contributed by atoms with Crippen molar-refractivity contribution >= 4 is 33.5 Å². The van der Waals surface area contributed by atoms with Gasteiger partial charge in [-0.05, 0) is 40.9 Å². The molecule has 0 fully saturated rings. The second kappa shape index (κ2) is 7.09. The van der Waals surface area contributed by atoms with E-state index in [0.29, 0.717) is 0 Å². The average molecular weight is 352 g/mol. The molecule has 0 saturated carbocycles. The van der Waals surface area contributed by atoms with Gasteiger partial charge in [0, 0.05) is 11.9 Å². The third-order valence-electron chi connectivity index (χ3n) is 2.99. The van der Waals surface area contributed by atoms with Crippen LogP contribution >= 0.6 is 27.7 Å². The molecule has 1 aromatic heterocycles. The molecule has 0 aliphatic heterocycles. The van der Waals surface area contributed by atoms with E-state index in [4.69, 9.17) is 0 Å². The van der Waals surface area contributed by atoms with E-state index in [0.717, 1.165) is 34.0 Å². The Bertz CT molecular complexity index is 576. The largest absolute Gasteiger partial charge is 0.372 e. The van der Waals surface area contributed by atoms with Crippen LogP contribution in [-0.4, -0.2) is 17.0 Å². The van der Waals surface area contributed by atoms with Crippen LogP contribution in [0.5, 0.6) is 0 Å². The third kappa shape index (κ3) is 3.52. The van der Waals surface area contributed by atoms with Gasteiger partial charge >= 0.3 is 0 Å². The Morgan fingerprint density at radius 2 is 2.00 bits per heavy atom. The Morgan fingerprint density at radius 3 is 2.65 bits per heavy atom. The lowest BCUT2D eigenvalue weighted by Crippen LogP contribution is -2.04. The van der Waals surface area contributed by atoms with Crippen molar-refractivity contribution in [1.29, 1.82) is 0 Å². The van der Waals surface area contributed by atoms with Gasteiger partial charge in [-0.25, -0.2) is 9.97 Å². The Labute approximate surface area is 132 Å². The number of halogens is 1. The van der Waals surface area contributed by atoms with E-state index in [1.165, 1.54) is 10.5 Å². The highest BCUT2D eigenvalue weighted by molar-refractivity contribution is 9.10. The van der Waals surface area contributed by atoms with Crippen LogP contribution in [0.3, 0.4) is 0 Å². The van der Waals surface area contributed by atoms with Gasteiger partial charge < -0.3 is 5.32 Å². The summed E-state index contributed by atoms with van der Waals surface area (Å²) in [5.74, 6) is 2.50. The van der Waals surface area contributed by atoms with E-state index in [2.05, 4.69) is 69.3 Å². The smallest absolute Gasteiger partial charge is 0.144 e. The first kappa shape index (κ1) is 15.3. The fourth-order valence-corrected chi connectivity index (χ4v) is 3.41. The van der Waals surface area contributed by atoms with Crippen molar-refractivity contribution in [3.05, 3.63) is 45.8 Å². The van der Waals surface area contributed by atoms with Crippen molar-refractivity contribution in [3.8, 4) is 0 Å². The van der Waals surface area contributed by atoms with E-state index in [1.54, 1.807) is 11.8 Å². The van der Waals surface area contributed by atoms with Gasteiger partial charge in [-0.3, -0.25) is 0 Å². The molecule has 5 heteroatoms. The summed E-state index contributed by atoms with van der Waals surface area (Å²) in [5, 5.41) is 3.11. The molecule has 1 N–H and O–H groups in total. The first-order chi connectivity index (χ1) is 9.65. The molecule has 0 saturated heterocycles. The van der Waals surface area contributed by atoms with Crippen LogP contribution in [0.4, 0.5) is 5.82 Å². The minimum atomic E-state index is 0.778. The average Bonchev–Trinajstić information content (AvgIpc) is 2.47. The van der Waals surface area contributed by atoms with Crippen LogP contribution in [0.2, 0.25) is 0 Å². The van der Waals surface area contributed by atoms with Crippen LogP contribution in [0.25, 0.3) is 0 Å². The molecule has 20 heavy (non-hydrogen) atoms. The summed E-state index contributed by atoms with van der Waals surface area (Å²) >= 11 is 5.33. The van der Waals surface area contributed by atoms with Crippen molar-refractivity contribution in [2.24, 2.45) is 0 Å². The highest BCUT2D eigenvalue weighted by atomic mass is 79.9. The normalized spacial score (nSPS) is 10.6. The van der Waals surface area contributed by atoms with Gasteiger partial charge in [0.15, 0.2) is 0 Å². The number of benzene rings is 1. The standard InChI is InChI=1S/C15H18BrN3S/c1-4-11-14(16)15(17-3)19-13(18-11)9-20-12-8-6-5-7-10(12)2/h5-8H,4,9H2,1-3H3,(H,17,18,19). The zero-order valence-corrected chi connectivity index (χ0v) is 14.3. The van der Waals surface area contributed by atoms with Gasteiger partial charge in [0.25, 0.3) is 0 Å². The Kier molecular flexibility index (Phi) is 5.43. The van der Waals surface area contributed by atoms with Gasteiger partial charge in [0.1, 0.15) is 11.6 Å². The zero-order valence-electron chi connectivity index (χ0n) is 11.9. The lowest BCUT2D eigenvalue weighted by molar-refractivity contribution is 0.930. The maximum Gasteiger partial charge on any atom is 0.144 e. The Balaban J connectivity index is 2.19. The molecule has 1 heterocycles. The van der Waals surface area contributed by atoms with E-state index in [1.807, 2.05) is 7.05 Å². The zero-order chi connectivity index (χ0) is 14.5. The minimum Gasteiger partial charge on any atom is -0.372 e. The SMILES string of the molecule is CCc1nc(CSc2ccccc2C)nc(NC)c1Br. The minimum absolute atomic E-state index is 0.778. The lowest BCUT2D eigenvalue weighted by atomic mass is 10.2. The monoisotopic (exact) mass is 351 g/mol. The third-order valence-corrected chi connectivity index (χ3v) is 4.99. The molecule has 106 valence electrons. The second-order valence-corrected chi connectivity index (χ2v) is 6.22. The van der Waals surface area contributed by atoms with Gasteiger partial charge in [-0.1, -0.05) is 25.1 Å². The number of aryl methyl sites for hydroxylation is 2. The summed E-state index contributed by atoms with van der Waals surface area (Å²) in [6, 6.07) is 8.39. The summed E-state index contributed by atoms with van der Waals surface area (Å²) in [6.07, 6.45) is 0.889. The first-order valence-corrected chi connectivity index (χ1v) is 8.35. The fraction of sp³-hybridized carbons (Fsp3) is 0.333. The molecule has 3 nitrogen and oxygen atoms in total. The quantitative estimate of drug-likeness (QED) is 0.807. The molecule has 1 aromatic carbocycles. The number of nitrogens with one attached hydrogen (secondary N) is 1. The van der Waals surface area contributed by atoms with Gasteiger partial charge in [-0.15, -0.1) is 11.8 Å². The van der Waals surface area contributed by atoms with E-state index in [-0.39, 0.29) is 0 Å². The summed E-state index contributed by atoms with van der Waals surface area (Å²) in [4.78, 5) is 10.5. The number of anilines is 1. The molecule has 0 amide bonds. The van der Waals surface area contributed by atoms with Crippen molar-refractivity contribution in [3.63, 3.8) is 0 Å². The second-order valence-electron chi connectivity index (χ2n) is 4.41. The molecule has 0 bridgehead atoms. The first-order valence-electron chi connectivity index (χ1n) is 6.57. The molecule has 0 aliphatic rings. The molecular formula is C15H18BrN3S. The van der Waals surface area contributed by atoms with Crippen molar-refractivity contribution in [2.75, 3.05) is 12.4 Å². The van der Waals surface area contributed by atoms with Gasteiger partial charge in [0.05, 0.1) is 15.9 Å². The van der Waals surface area contributed by atoms with Crippen LogP contribution < -0.4 is 5.32 Å². The van der Waals surface area contributed by atoms with E-state index < -0.39 is 0 Å². The van der Waals surface area contributed by atoms with Crippen LogP contribution in [-0.2, 0) is 12.2 Å². The highest BCUT2D eigenvalue weighted by Crippen LogP contribution is 2.28. The molecular weight excluding hydrogens is 334 g/mol. The van der Waals surface area contributed by atoms with E-state index in [9.17, 15) is 0 Å². The maximum absolute atomic E-state index is 4.63. The molecule has 2 aromatic rings. The number of hydrogen-bond acceptors (Lipinski definition) is 4. The Morgan fingerprint density at radius 1 is 1.25 bits per heavy atom. The van der Waals surface area contributed by atoms with Gasteiger partial charge in [0.2, 0.25) is 0 Å². The van der Waals surface area contributed by atoms with Gasteiger partial charge in [-0.2, -0.15) is 0 Å². The number of rotatable bonds is 5. The van der Waals surface area contributed by atoms with Crippen LogP contribution in [0.1, 0.15) is 24.0 Å². The molecule has 0 radical (unpaired) electrons. The van der Waals surface area contributed by atoms with Crippen molar-refractivity contribution in [1.82, 2.24) is 9.97 Å². The Hall–Kier alpha value is -1.07. The number of thioether (sulfide) groups is 1. The van der Waals surface area contributed by atoms with E-state index >= 15 is 0 Å². The summed E-state index contributed by atoms with van der Waals surface area (Å²) in [6.45, 7) is 4.23. The highest BCUT2D eigenvalue weighted by Gasteiger charge is 2.10. The van der Waals surface area contributed by atoms with Crippen LogP contribution in [0, 0.1) is 6.92 Å². The van der Waals surface area contributed by atoms with Crippen LogP contribution in [0.15, 0.2) is 33.6 Å². The van der Waals surface area contributed by atoms with Crippen molar-refractivity contribution < 1.29 is 0 Å². The number of aromatic nitrogens is 2. The fourth-order valence-electron chi connectivity index (χ4n) is 1.87. The molecule has 2 rings (SSSR count). The van der Waals surface area contributed by atoms with Crippen molar-refractivity contribution in [2.45, 2.75) is 30.9 Å². The molecule has 0 aliphatic carbocycles. The number of nitrogens with zero attached hydrogens (tertiary/aromatic N) is 2. The molecule has 0 spiro atoms. The lowest BCUT2D eigenvalue weighted by Gasteiger charge is -2.10. The summed E-state index contributed by atoms with van der Waals surface area (Å²) in [7, 11) is 1.88.